The van der Waals surface area contributed by atoms with Crippen molar-refractivity contribution in [3.63, 3.8) is 0 Å². The third-order valence-corrected chi connectivity index (χ3v) is 3.94. The topological polar surface area (TPSA) is 91.3 Å². The summed E-state index contributed by atoms with van der Waals surface area (Å²) in [6.07, 6.45) is 2.79. The molecule has 2 heterocycles. The molecule has 0 saturated heterocycles. The summed E-state index contributed by atoms with van der Waals surface area (Å²) in [6.45, 7) is 0.307. The van der Waals surface area contributed by atoms with Crippen LogP contribution in [0.2, 0.25) is 0 Å². The Kier molecular flexibility index (Phi) is 4.28. The smallest absolute Gasteiger partial charge is 0.232 e. The number of fused-ring (bicyclic) bond motifs is 1. The predicted molar refractivity (Wildman–Crippen MR) is 84.2 cm³/mol. The Morgan fingerprint density at radius 1 is 1.32 bits per heavy atom. The molecule has 1 aromatic carbocycles. The van der Waals surface area contributed by atoms with Gasteiger partial charge < -0.3 is 5.32 Å². The molecule has 0 fully saturated rings. The van der Waals surface area contributed by atoms with E-state index in [0.717, 1.165) is 22.3 Å². The number of nitrogens with zero attached hydrogens (tertiary/aromatic N) is 1. The van der Waals surface area contributed by atoms with Crippen LogP contribution in [0.4, 0.5) is 5.82 Å². The maximum absolute atomic E-state index is 11.5. The molecule has 1 unspecified atom stereocenters. The summed E-state index contributed by atoms with van der Waals surface area (Å²) in [5, 5.41) is 2.79. The Morgan fingerprint density at radius 3 is 3.00 bits per heavy atom. The van der Waals surface area contributed by atoms with Crippen molar-refractivity contribution in [2.24, 2.45) is 0 Å². The van der Waals surface area contributed by atoms with E-state index < -0.39 is 11.3 Å². The average Bonchev–Trinajstić information content (AvgIpc) is 2.52. The van der Waals surface area contributed by atoms with Crippen molar-refractivity contribution >= 4 is 23.0 Å². The van der Waals surface area contributed by atoms with E-state index in [1.165, 1.54) is 0 Å². The summed E-state index contributed by atoms with van der Waals surface area (Å²) in [5.74, 6) is 0.606. The molecule has 1 aliphatic rings. The van der Waals surface area contributed by atoms with Crippen LogP contribution in [0.25, 0.3) is 11.1 Å². The number of aromatic nitrogens is 1. The first-order valence-corrected chi connectivity index (χ1v) is 7.95. The molecule has 1 amide bonds. The normalized spacial score (nSPS) is 15.0. The number of pyridine rings is 1. The molecule has 3 N–H and O–H groups in total. The second-order valence-corrected chi connectivity index (χ2v) is 5.79. The van der Waals surface area contributed by atoms with Crippen LogP contribution in [0.3, 0.4) is 0 Å². The quantitative estimate of drug-likeness (QED) is 0.751. The lowest BCUT2D eigenvalue weighted by Crippen LogP contribution is -2.20. The van der Waals surface area contributed by atoms with Crippen LogP contribution in [0.1, 0.15) is 17.5 Å². The van der Waals surface area contributed by atoms with Crippen molar-refractivity contribution in [2.75, 3.05) is 5.32 Å². The van der Waals surface area contributed by atoms with Gasteiger partial charge in [-0.15, -0.1) is 0 Å². The van der Waals surface area contributed by atoms with Crippen LogP contribution in [0, 0.1) is 0 Å². The van der Waals surface area contributed by atoms with Crippen LogP contribution in [0.5, 0.6) is 0 Å². The largest absolute Gasteiger partial charge is 0.310 e. The van der Waals surface area contributed by atoms with Gasteiger partial charge in [-0.1, -0.05) is 18.2 Å². The molecular formula is C15H15N3O3S. The number of hydrogen-bond donors (Lipinski definition) is 3. The van der Waals surface area contributed by atoms with Crippen molar-refractivity contribution in [3.8, 4) is 11.1 Å². The molecule has 0 aliphatic carbocycles. The highest BCUT2D eigenvalue weighted by atomic mass is 32.2. The van der Waals surface area contributed by atoms with E-state index in [1.54, 1.807) is 6.20 Å². The Bertz CT molecular complexity index is 749. The summed E-state index contributed by atoms with van der Waals surface area (Å²) in [4.78, 5) is 15.7. The highest BCUT2D eigenvalue weighted by Crippen LogP contribution is 2.31. The number of rotatable bonds is 4. The van der Waals surface area contributed by atoms with Gasteiger partial charge in [0.2, 0.25) is 17.2 Å². The standard InChI is InChI=1S/C15H15N3O3S/c19-14-5-4-13-12(6-7-16-15(13)18-14)11-3-1-2-10(8-11)9-17-22(20)21/h1-3,6-8,17H,4-5,9H2,(H,20,21)(H,16,18,19). The minimum atomic E-state index is -2.03. The van der Waals surface area contributed by atoms with Crippen molar-refractivity contribution in [1.29, 1.82) is 0 Å². The fourth-order valence-electron chi connectivity index (χ4n) is 2.55. The second-order valence-electron chi connectivity index (χ2n) is 5.00. The lowest BCUT2D eigenvalue weighted by molar-refractivity contribution is -0.116. The van der Waals surface area contributed by atoms with Crippen LogP contribution in [-0.2, 0) is 29.0 Å². The summed E-state index contributed by atoms with van der Waals surface area (Å²) in [7, 11) is 0. The van der Waals surface area contributed by atoms with Gasteiger partial charge >= 0.3 is 0 Å². The molecule has 1 aliphatic heterocycles. The van der Waals surface area contributed by atoms with E-state index in [9.17, 15) is 9.00 Å². The SMILES string of the molecule is O=C1CCc2c(-c3cccc(CNS(=O)O)c3)ccnc2N1. The molecule has 0 radical (unpaired) electrons. The van der Waals surface area contributed by atoms with Crippen molar-refractivity contribution in [1.82, 2.24) is 9.71 Å². The number of benzene rings is 1. The number of anilines is 1. The molecule has 3 rings (SSSR count). The summed E-state index contributed by atoms with van der Waals surface area (Å²) < 4.78 is 22.0. The summed E-state index contributed by atoms with van der Waals surface area (Å²) >= 11 is -2.03. The maximum Gasteiger partial charge on any atom is 0.232 e. The van der Waals surface area contributed by atoms with Gasteiger partial charge in [0.1, 0.15) is 5.82 Å². The molecule has 0 saturated carbocycles. The molecule has 0 bridgehead atoms. The number of carbonyl (C=O) groups is 1. The first kappa shape index (κ1) is 14.8. The van der Waals surface area contributed by atoms with E-state index >= 15 is 0 Å². The van der Waals surface area contributed by atoms with Gasteiger partial charge in [0.05, 0.1) is 0 Å². The van der Waals surface area contributed by atoms with Crippen molar-refractivity contribution in [2.45, 2.75) is 19.4 Å². The minimum absolute atomic E-state index is 0.0134. The first-order valence-electron chi connectivity index (χ1n) is 6.85. The zero-order chi connectivity index (χ0) is 15.5. The van der Waals surface area contributed by atoms with E-state index in [-0.39, 0.29) is 5.91 Å². The molecule has 114 valence electrons. The van der Waals surface area contributed by atoms with Gasteiger partial charge in [-0.2, -0.15) is 0 Å². The fraction of sp³-hybridized carbons (Fsp3) is 0.200. The lowest BCUT2D eigenvalue weighted by atomic mass is 9.94. The molecule has 1 aromatic heterocycles. The van der Waals surface area contributed by atoms with Crippen molar-refractivity contribution in [3.05, 3.63) is 47.7 Å². The molecule has 7 heteroatoms. The Morgan fingerprint density at radius 2 is 2.18 bits per heavy atom. The molecule has 6 nitrogen and oxygen atoms in total. The van der Waals surface area contributed by atoms with Crippen LogP contribution in [0.15, 0.2) is 36.5 Å². The first-order chi connectivity index (χ1) is 10.6. The Hall–Kier alpha value is -2.09. The Labute approximate surface area is 130 Å². The minimum Gasteiger partial charge on any atom is -0.310 e. The maximum atomic E-state index is 11.5. The predicted octanol–water partition coefficient (Wildman–Crippen LogP) is 1.86. The van der Waals surface area contributed by atoms with Gasteiger partial charge in [-0.05, 0) is 35.2 Å². The van der Waals surface area contributed by atoms with Gasteiger partial charge in [0.15, 0.2) is 0 Å². The van der Waals surface area contributed by atoms with E-state index in [1.807, 2.05) is 30.3 Å². The van der Waals surface area contributed by atoms with Crippen LogP contribution in [-0.4, -0.2) is 19.7 Å². The van der Waals surface area contributed by atoms with Crippen LogP contribution >= 0.6 is 0 Å². The monoisotopic (exact) mass is 317 g/mol. The molecule has 22 heavy (non-hydrogen) atoms. The van der Waals surface area contributed by atoms with Gasteiger partial charge in [0, 0.05) is 24.7 Å². The van der Waals surface area contributed by atoms with E-state index in [2.05, 4.69) is 15.0 Å². The summed E-state index contributed by atoms with van der Waals surface area (Å²) in [5.41, 5.74) is 3.96. The number of amides is 1. The lowest BCUT2D eigenvalue weighted by Gasteiger charge is -2.19. The summed E-state index contributed by atoms with van der Waals surface area (Å²) in [6, 6.07) is 9.66. The number of carbonyl (C=O) groups excluding carboxylic acids is 1. The zero-order valence-electron chi connectivity index (χ0n) is 11.7. The number of hydrogen-bond acceptors (Lipinski definition) is 3. The van der Waals surface area contributed by atoms with Gasteiger partial charge in [0.25, 0.3) is 0 Å². The third kappa shape index (κ3) is 3.22. The van der Waals surface area contributed by atoms with Crippen LogP contribution < -0.4 is 10.0 Å². The zero-order valence-corrected chi connectivity index (χ0v) is 12.5. The fourth-order valence-corrected chi connectivity index (χ4v) is 2.84. The highest BCUT2D eigenvalue weighted by molar-refractivity contribution is 7.77. The van der Waals surface area contributed by atoms with E-state index in [4.69, 9.17) is 4.55 Å². The number of nitrogens with one attached hydrogen (secondary N) is 2. The Balaban J connectivity index is 1.94. The molecular weight excluding hydrogens is 302 g/mol. The average molecular weight is 317 g/mol. The highest BCUT2D eigenvalue weighted by Gasteiger charge is 2.19. The van der Waals surface area contributed by atoms with Gasteiger partial charge in [-0.3, -0.25) is 9.35 Å². The van der Waals surface area contributed by atoms with Gasteiger partial charge in [-0.25, -0.2) is 13.9 Å². The molecule has 2 aromatic rings. The van der Waals surface area contributed by atoms with Crippen molar-refractivity contribution < 1.29 is 13.6 Å². The molecule has 1 atom stereocenters. The third-order valence-electron chi connectivity index (χ3n) is 3.55. The molecule has 0 spiro atoms. The second kappa shape index (κ2) is 6.35. The van der Waals surface area contributed by atoms with E-state index in [0.29, 0.717) is 25.2 Å².